The van der Waals surface area contributed by atoms with Crippen molar-refractivity contribution >= 4 is 9.84 Å². The zero-order chi connectivity index (χ0) is 10.6. The highest BCUT2D eigenvalue weighted by Gasteiger charge is 2.21. The van der Waals surface area contributed by atoms with E-state index in [4.69, 9.17) is 5.73 Å². The van der Waals surface area contributed by atoms with Crippen molar-refractivity contribution in [3.8, 4) is 0 Å². The summed E-state index contributed by atoms with van der Waals surface area (Å²) < 4.78 is 22.3. The molecule has 1 saturated carbocycles. The SMILES string of the molecule is CCS(=O)(=O)CCNC1CCC(N)C1. The van der Waals surface area contributed by atoms with Crippen LogP contribution in [-0.4, -0.2) is 38.6 Å². The zero-order valence-electron chi connectivity index (χ0n) is 8.70. The van der Waals surface area contributed by atoms with Crippen molar-refractivity contribution in [2.24, 2.45) is 5.73 Å². The first-order chi connectivity index (χ1) is 6.53. The minimum atomic E-state index is -2.82. The maximum Gasteiger partial charge on any atom is 0.151 e. The van der Waals surface area contributed by atoms with Crippen LogP contribution in [0.2, 0.25) is 0 Å². The van der Waals surface area contributed by atoms with Gasteiger partial charge in [-0.15, -0.1) is 0 Å². The first-order valence-corrected chi connectivity index (χ1v) is 7.05. The van der Waals surface area contributed by atoms with Gasteiger partial charge in [-0.25, -0.2) is 8.42 Å². The number of sulfone groups is 1. The Kier molecular flexibility index (Phi) is 4.34. The van der Waals surface area contributed by atoms with Gasteiger partial charge in [-0.2, -0.15) is 0 Å². The summed E-state index contributed by atoms with van der Waals surface area (Å²) in [5.41, 5.74) is 5.75. The van der Waals surface area contributed by atoms with Gasteiger partial charge in [-0.1, -0.05) is 6.92 Å². The third-order valence-corrected chi connectivity index (χ3v) is 4.46. The predicted octanol–water partition coefficient (Wildman–Crippen LogP) is -0.109. The topological polar surface area (TPSA) is 72.2 Å². The maximum atomic E-state index is 11.2. The van der Waals surface area contributed by atoms with E-state index in [0.29, 0.717) is 18.6 Å². The van der Waals surface area contributed by atoms with Crippen molar-refractivity contribution in [2.75, 3.05) is 18.1 Å². The highest BCUT2D eigenvalue weighted by Crippen LogP contribution is 2.16. The standard InChI is InChI=1S/C9H20N2O2S/c1-2-14(12,13)6-5-11-9-4-3-8(10)7-9/h8-9,11H,2-7,10H2,1H3. The van der Waals surface area contributed by atoms with E-state index in [0.717, 1.165) is 19.3 Å². The molecule has 2 atom stereocenters. The van der Waals surface area contributed by atoms with Crippen LogP contribution >= 0.6 is 0 Å². The van der Waals surface area contributed by atoms with Crippen LogP contribution < -0.4 is 11.1 Å². The van der Waals surface area contributed by atoms with Gasteiger partial charge in [0.1, 0.15) is 0 Å². The minimum absolute atomic E-state index is 0.235. The lowest BCUT2D eigenvalue weighted by Crippen LogP contribution is -2.32. The van der Waals surface area contributed by atoms with E-state index in [1.807, 2.05) is 0 Å². The zero-order valence-corrected chi connectivity index (χ0v) is 9.52. The van der Waals surface area contributed by atoms with Gasteiger partial charge in [-0.05, 0) is 19.3 Å². The van der Waals surface area contributed by atoms with Gasteiger partial charge in [0.05, 0.1) is 5.75 Å². The Morgan fingerprint density at radius 3 is 2.64 bits per heavy atom. The van der Waals surface area contributed by atoms with E-state index in [2.05, 4.69) is 5.32 Å². The molecule has 3 N–H and O–H groups in total. The lowest BCUT2D eigenvalue weighted by Gasteiger charge is -2.11. The molecule has 0 aromatic heterocycles. The summed E-state index contributed by atoms with van der Waals surface area (Å²) in [5, 5.41) is 3.24. The molecule has 0 aromatic carbocycles. The molecule has 0 aromatic rings. The number of rotatable bonds is 5. The molecule has 14 heavy (non-hydrogen) atoms. The third-order valence-electron chi connectivity index (χ3n) is 2.76. The summed E-state index contributed by atoms with van der Waals surface area (Å²) in [7, 11) is -2.82. The molecule has 0 amide bonds. The molecule has 0 radical (unpaired) electrons. The minimum Gasteiger partial charge on any atom is -0.328 e. The average Bonchev–Trinajstić information content (AvgIpc) is 2.51. The van der Waals surface area contributed by atoms with E-state index < -0.39 is 9.84 Å². The van der Waals surface area contributed by atoms with Crippen LogP contribution in [0.15, 0.2) is 0 Å². The summed E-state index contributed by atoms with van der Waals surface area (Å²) in [6, 6.07) is 0.729. The first-order valence-electron chi connectivity index (χ1n) is 5.23. The Balaban J connectivity index is 2.16. The van der Waals surface area contributed by atoms with Crippen LogP contribution in [0.25, 0.3) is 0 Å². The fourth-order valence-corrected chi connectivity index (χ4v) is 2.48. The summed E-state index contributed by atoms with van der Waals surface area (Å²) in [4.78, 5) is 0. The Morgan fingerprint density at radius 2 is 2.14 bits per heavy atom. The van der Waals surface area contributed by atoms with Crippen molar-refractivity contribution in [3.05, 3.63) is 0 Å². The second-order valence-electron chi connectivity index (χ2n) is 3.96. The number of nitrogens with two attached hydrogens (primary N) is 1. The number of hydrogen-bond donors (Lipinski definition) is 2. The van der Waals surface area contributed by atoms with Crippen LogP contribution in [0, 0.1) is 0 Å². The third kappa shape index (κ3) is 3.94. The Labute approximate surface area is 86.2 Å². The summed E-state index contributed by atoms with van der Waals surface area (Å²) in [6.45, 7) is 2.24. The lowest BCUT2D eigenvalue weighted by atomic mass is 10.2. The fraction of sp³-hybridized carbons (Fsp3) is 1.00. The molecular weight excluding hydrogens is 200 g/mol. The monoisotopic (exact) mass is 220 g/mol. The Hall–Kier alpha value is -0.130. The highest BCUT2D eigenvalue weighted by molar-refractivity contribution is 7.91. The first kappa shape index (κ1) is 11.9. The average molecular weight is 220 g/mol. The van der Waals surface area contributed by atoms with Crippen LogP contribution in [0.4, 0.5) is 0 Å². The molecule has 0 spiro atoms. The van der Waals surface area contributed by atoms with E-state index in [1.165, 1.54) is 0 Å². The largest absolute Gasteiger partial charge is 0.328 e. The van der Waals surface area contributed by atoms with Crippen LogP contribution in [-0.2, 0) is 9.84 Å². The summed E-state index contributed by atoms with van der Waals surface area (Å²) in [5.74, 6) is 0.480. The van der Waals surface area contributed by atoms with Crippen molar-refractivity contribution in [2.45, 2.75) is 38.3 Å². The summed E-state index contributed by atoms with van der Waals surface area (Å²) in [6.07, 6.45) is 3.11. The molecule has 2 unspecified atom stereocenters. The van der Waals surface area contributed by atoms with Crippen LogP contribution in [0.1, 0.15) is 26.2 Å². The smallest absolute Gasteiger partial charge is 0.151 e. The lowest BCUT2D eigenvalue weighted by molar-refractivity contribution is 0.529. The highest BCUT2D eigenvalue weighted by atomic mass is 32.2. The number of nitrogens with one attached hydrogen (secondary N) is 1. The maximum absolute atomic E-state index is 11.2. The Morgan fingerprint density at radius 1 is 1.43 bits per heavy atom. The van der Waals surface area contributed by atoms with E-state index in [1.54, 1.807) is 6.92 Å². The molecule has 0 heterocycles. The fourth-order valence-electron chi connectivity index (χ4n) is 1.76. The molecule has 0 saturated heterocycles. The second kappa shape index (κ2) is 5.09. The normalized spacial score (nSPS) is 28.1. The van der Waals surface area contributed by atoms with Gasteiger partial charge in [0.25, 0.3) is 0 Å². The second-order valence-corrected chi connectivity index (χ2v) is 6.43. The van der Waals surface area contributed by atoms with Crippen LogP contribution in [0.5, 0.6) is 0 Å². The predicted molar refractivity (Wildman–Crippen MR) is 57.9 cm³/mol. The molecule has 0 aliphatic heterocycles. The molecular formula is C9H20N2O2S. The van der Waals surface area contributed by atoms with Crippen LogP contribution in [0.3, 0.4) is 0 Å². The van der Waals surface area contributed by atoms with Gasteiger partial charge < -0.3 is 11.1 Å². The number of hydrogen-bond acceptors (Lipinski definition) is 4. The molecule has 5 heteroatoms. The van der Waals surface area contributed by atoms with Gasteiger partial charge in [-0.3, -0.25) is 0 Å². The van der Waals surface area contributed by atoms with Gasteiger partial charge >= 0.3 is 0 Å². The van der Waals surface area contributed by atoms with Crippen molar-refractivity contribution in [1.82, 2.24) is 5.32 Å². The quantitative estimate of drug-likeness (QED) is 0.678. The Bertz CT molecular complexity index is 264. The molecule has 1 aliphatic rings. The van der Waals surface area contributed by atoms with E-state index >= 15 is 0 Å². The van der Waals surface area contributed by atoms with Gasteiger partial charge in [0.2, 0.25) is 0 Å². The van der Waals surface area contributed by atoms with E-state index in [-0.39, 0.29) is 11.5 Å². The van der Waals surface area contributed by atoms with Gasteiger partial charge in [0.15, 0.2) is 9.84 Å². The van der Waals surface area contributed by atoms with Crippen molar-refractivity contribution < 1.29 is 8.42 Å². The van der Waals surface area contributed by atoms with E-state index in [9.17, 15) is 8.42 Å². The molecule has 0 bridgehead atoms. The molecule has 4 nitrogen and oxygen atoms in total. The molecule has 1 aliphatic carbocycles. The molecule has 1 fully saturated rings. The molecule has 1 rings (SSSR count). The summed E-state index contributed by atoms with van der Waals surface area (Å²) >= 11 is 0. The molecule has 84 valence electrons. The van der Waals surface area contributed by atoms with Crippen molar-refractivity contribution in [3.63, 3.8) is 0 Å². The van der Waals surface area contributed by atoms with Gasteiger partial charge in [0, 0.05) is 24.4 Å². The van der Waals surface area contributed by atoms with Crippen molar-refractivity contribution in [1.29, 1.82) is 0 Å².